The zero-order chi connectivity index (χ0) is 15.2. The highest BCUT2D eigenvalue weighted by Crippen LogP contribution is 2.26. The zero-order valence-electron chi connectivity index (χ0n) is 12.9. The van der Waals surface area contributed by atoms with Crippen molar-refractivity contribution in [1.82, 2.24) is 9.97 Å². The predicted octanol–water partition coefficient (Wildman–Crippen LogP) is 4.25. The molecule has 0 bridgehead atoms. The summed E-state index contributed by atoms with van der Waals surface area (Å²) in [4.78, 5) is 8.81. The first kappa shape index (κ1) is 15.0. The van der Waals surface area contributed by atoms with E-state index in [1.165, 1.54) is 5.56 Å². The Morgan fingerprint density at radius 2 is 1.90 bits per heavy atom. The van der Waals surface area contributed by atoms with Crippen molar-refractivity contribution in [2.75, 3.05) is 17.2 Å². The van der Waals surface area contributed by atoms with Gasteiger partial charge in [-0.25, -0.2) is 9.97 Å². The molecule has 0 saturated heterocycles. The number of hydrogen-bond acceptors (Lipinski definition) is 4. The predicted molar refractivity (Wildman–Crippen MR) is 89.3 cm³/mol. The molecule has 0 aliphatic heterocycles. The lowest BCUT2D eigenvalue weighted by Crippen LogP contribution is -2.05. The first-order chi connectivity index (χ1) is 10.1. The molecule has 0 atom stereocenters. The molecule has 0 radical (unpaired) electrons. The van der Waals surface area contributed by atoms with Gasteiger partial charge in [-0.1, -0.05) is 38.1 Å². The van der Waals surface area contributed by atoms with E-state index in [2.05, 4.69) is 59.2 Å². The first-order valence-corrected chi connectivity index (χ1v) is 7.16. The molecule has 0 saturated carbocycles. The van der Waals surface area contributed by atoms with Crippen molar-refractivity contribution in [2.45, 2.75) is 26.7 Å². The smallest absolute Gasteiger partial charge is 0.136 e. The van der Waals surface area contributed by atoms with Gasteiger partial charge in [0.15, 0.2) is 0 Å². The zero-order valence-corrected chi connectivity index (χ0v) is 12.9. The highest BCUT2D eigenvalue weighted by atomic mass is 15.1. The summed E-state index contributed by atoms with van der Waals surface area (Å²) in [7, 11) is 0. The number of aromatic nitrogens is 2. The summed E-state index contributed by atoms with van der Waals surface area (Å²) in [6.07, 6.45) is 1.80. The lowest BCUT2D eigenvalue weighted by atomic mass is 10.0. The minimum atomic E-state index is 0.454. The molecule has 21 heavy (non-hydrogen) atoms. The van der Waals surface area contributed by atoms with Crippen molar-refractivity contribution in [3.8, 4) is 0 Å². The van der Waals surface area contributed by atoms with Gasteiger partial charge in [0.1, 0.15) is 17.5 Å². The van der Waals surface area contributed by atoms with Crippen LogP contribution in [0.4, 0.5) is 17.3 Å². The minimum Gasteiger partial charge on any atom is -0.366 e. The number of nitrogens with one attached hydrogen (secondary N) is 2. The van der Waals surface area contributed by atoms with E-state index in [1.54, 1.807) is 6.08 Å². The van der Waals surface area contributed by atoms with Gasteiger partial charge in [0.25, 0.3) is 0 Å². The molecule has 0 aliphatic rings. The summed E-state index contributed by atoms with van der Waals surface area (Å²) in [5.74, 6) is 2.78. The van der Waals surface area contributed by atoms with E-state index in [0.29, 0.717) is 12.5 Å². The van der Waals surface area contributed by atoms with Gasteiger partial charge in [-0.3, -0.25) is 0 Å². The van der Waals surface area contributed by atoms with Crippen molar-refractivity contribution in [2.24, 2.45) is 0 Å². The third kappa shape index (κ3) is 4.05. The molecular formula is C17H22N4. The van der Waals surface area contributed by atoms with Crippen molar-refractivity contribution in [3.05, 3.63) is 54.4 Å². The van der Waals surface area contributed by atoms with E-state index in [4.69, 9.17) is 0 Å². The fourth-order valence-corrected chi connectivity index (χ4v) is 2.15. The van der Waals surface area contributed by atoms with Gasteiger partial charge >= 0.3 is 0 Å². The van der Waals surface area contributed by atoms with Crippen LogP contribution in [0.5, 0.6) is 0 Å². The second kappa shape index (κ2) is 6.88. The van der Waals surface area contributed by atoms with Gasteiger partial charge in [0, 0.05) is 18.3 Å². The summed E-state index contributed by atoms with van der Waals surface area (Å²) in [5.41, 5.74) is 2.36. The fourth-order valence-electron chi connectivity index (χ4n) is 2.15. The normalized spacial score (nSPS) is 10.5. The van der Waals surface area contributed by atoms with E-state index in [1.807, 2.05) is 19.1 Å². The standard InChI is InChI=1S/C17H22N4/c1-5-10-18-16-11-17(20-13(4)19-16)21-15-9-7-6-8-14(15)12(2)3/h5-9,11-12H,1,10H2,2-4H3,(H2,18,19,20,21). The Labute approximate surface area is 126 Å². The largest absolute Gasteiger partial charge is 0.366 e. The van der Waals surface area contributed by atoms with Crippen LogP contribution in [0.15, 0.2) is 43.0 Å². The van der Waals surface area contributed by atoms with E-state index >= 15 is 0 Å². The molecule has 1 aromatic heterocycles. The molecule has 1 heterocycles. The highest BCUT2D eigenvalue weighted by Gasteiger charge is 2.07. The number of anilines is 3. The summed E-state index contributed by atoms with van der Waals surface area (Å²) >= 11 is 0. The third-order valence-corrected chi connectivity index (χ3v) is 3.11. The van der Waals surface area contributed by atoms with E-state index < -0.39 is 0 Å². The molecule has 2 aromatic rings. The molecule has 4 heteroatoms. The van der Waals surface area contributed by atoms with Crippen molar-refractivity contribution >= 4 is 17.3 Å². The molecule has 0 spiro atoms. The SMILES string of the molecule is C=CCNc1cc(Nc2ccccc2C(C)C)nc(C)n1. The number of rotatable bonds is 6. The molecule has 2 rings (SSSR count). The van der Waals surface area contributed by atoms with Crippen LogP contribution in [-0.4, -0.2) is 16.5 Å². The molecule has 0 amide bonds. The van der Waals surface area contributed by atoms with Crippen LogP contribution in [-0.2, 0) is 0 Å². The second-order valence-corrected chi connectivity index (χ2v) is 5.22. The average molecular weight is 282 g/mol. The molecule has 0 fully saturated rings. The Kier molecular flexibility index (Phi) is 4.93. The number of benzene rings is 1. The molecule has 0 aliphatic carbocycles. The lowest BCUT2D eigenvalue weighted by molar-refractivity contribution is 0.868. The van der Waals surface area contributed by atoms with E-state index in [9.17, 15) is 0 Å². The van der Waals surface area contributed by atoms with Crippen LogP contribution < -0.4 is 10.6 Å². The number of para-hydroxylation sites is 1. The van der Waals surface area contributed by atoms with Crippen LogP contribution in [0, 0.1) is 6.92 Å². The van der Waals surface area contributed by atoms with Gasteiger partial charge in [0.05, 0.1) is 0 Å². The Balaban J connectivity index is 2.27. The summed E-state index contributed by atoms with van der Waals surface area (Å²) in [6.45, 7) is 10.6. The number of hydrogen-bond donors (Lipinski definition) is 2. The Hall–Kier alpha value is -2.36. The van der Waals surface area contributed by atoms with Crippen molar-refractivity contribution in [3.63, 3.8) is 0 Å². The monoisotopic (exact) mass is 282 g/mol. The topological polar surface area (TPSA) is 49.8 Å². The van der Waals surface area contributed by atoms with E-state index in [-0.39, 0.29) is 0 Å². The molecular weight excluding hydrogens is 260 g/mol. The summed E-state index contributed by atoms with van der Waals surface area (Å²) < 4.78 is 0. The van der Waals surface area contributed by atoms with E-state index in [0.717, 1.165) is 23.1 Å². The average Bonchev–Trinajstić information content (AvgIpc) is 2.45. The molecule has 110 valence electrons. The maximum absolute atomic E-state index is 4.45. The van der Waals surface area contributed by atoms with Gasteiger partial charge in [-0.15, -0.1) is 6.58 Å². The highest BCUT2D eigenvalue weighted by molar-refractivity contribution is 5.63. The Morgan fingerprint density at radius 1 is 1.19 bits per heavy atom. The summed E-state index contributed by atoms with van der Waals surface area (Å²) in [6, 6.07) is 10.2. The van der Waals surface area contributed by atoms with Gasteiger partial charge < -0.3 is 10.6 Å². The molecule has 4 nitrogen and oxygen atoms in total. The van der Waals surface area contributed by atoms with Gasteiger partial charge in [0.2, 0.25) is 0 Å². The Bertz CT molecular complexity index is 620. The molecule has 2 N–H and O–H groups in total. The van der Waals surface area contributed by atoms with Gasteiger partial charge in [-0.2, -0.15) is 0 Å². The van der Waals surface area contributed by atoms with Crippen molar-refractivity contribution < 1.29 is 0 Å². The first-order valence-electron chi connectivity index (χ1n) is 7.16. The Morgan fingerprint density at radius 3 is 2.62 bits per heavy atom. The minimum absolute atomic E-state index is 0.454. The van der Waals surface area contributed by atoms with Crippen LogP contribution in [0.25, 0.3) is 0 Å². The number of aryl methyl sites for hydroxylation is 1. The maximum Gasteiger partial charge on any atom is 0.136 e. The summed E-state index contributed by atoms with van der Waals surface area (Å²) in [5, 5.41) is 6.58. The van der Waals surface area contributed by atoms with Crippen molar-refractivity contribution in [1.29, 1.82) is 0 Å². The van der Waals surface area contributed by atoms with Crippen LogP contribution in [0.3, 0.4) is 0 Å². The molecule has 1 aromatic carbocycles. The van der Waals surface area contributed by atoms with Gasteiger partial charge in [-0.05, 0) is 24.5 Å². The molecule has 0 unspecified atom stereocenters. The van der Waals surface area contributed by atoms with Crippen LogP contribution in [0.1, 0.15) is 31.2 Å². The van der Waals surface area contributed by atoms with Crippen LogP contribution in [0.2, 0.25) is 0 Å². The quantitative estimate of drug-likeness (QED) is 0.778. The lowest BCUT2D eigenvalue weighted by Gasteiger charge is -2.15. The maximum atomic E-state index is 4.45. The van der Waals surface area contributed by atoms with Crippen LogP contribution >= 0.6 is 0 Å². The fraction of sp³-hybridized carbons (Fsp3) is 0.294. The number of nitrogens with zero attached hydrogens (tertiary/aromatic N) is 2. The second-order valence-electron chi connectivity index (χ2n) is 5.22. The third-order valence-electron chi connectivity index (χ3n) is 3.11.